The predicted octanol–water partition coefficient (Wildman–Crippen LogP) is 7.95. The minimum Gasteiger partial charge on any atom is -0.458 e. The van der Waals surface area contributed by atoms with Gasteiger partial charge in [-0.05, 0) is 66.2 Å². The monoisotopic (exact) mass is 805 g/mol. The molecular formula is C48H39NO11. The zero-order valence-corrected chi connectivity index (χ0v) is 32.1. The third-order valence-corrected chi connectivity index (χ3v) is 8.78. The van der Waals surface area contributed by atoms with Crippen molar-refractivity contribution in [3.63, 3.8) is 0 Å². The van der Waals surface area contributed by atoms with E-state index in [1.807, 2.05) is 30.3 Å². The molecule has 0 aliphatic heterocycles. The van der Waals surface area contributed by atoms with E-state index in [0.29, 0.717) is 0 Å². The lowest BCUT2D eigenvalue weighted by atomic mass is 10.0. The number of carbonyl (C=O) groups is 5. The number of ether oxygens (including phenoxy) is 5. The summed E-state index contributed by atoms with van der Waals surface area (Å²) < 4.78 is 30.0. The Morgan fingerprint density at radius 1 is 0.417 bits per heavy atom. The van der Waals surface area contributed by atoms with Crippen LogP contribution in [0.2, 0.25) is 0 Å². The second-order valence-corrected chi connectivity index (χ2v) is 13.0. The lowest BCUT2D eigenvalue weighted by molar-refractivity contribution is -0.120. The molecule has 6 aromatic rings. The Labute approximate surface area is 345 Å². The lowest BCUT2D eigenvalue weighted by Gasteiger charge is -2.34. The Kier molecular flexibility index (Phi) is 15.0. The van der Waals surface area contributed by atoms with Gasteiger partial charge in [0.25, 0.3) is 0 Å². The first kappa shape index (κ1) is 41.8. The molecule has 6 aromatic carbocycles. The molecule has 0 bridgehead atoms. The smallest absolute Gasteiger partial charge is 0.338 e. The van der Waals surface area contributed by atoms with E-state index in [2.05, 4.69) is 5.16 Å². The zero-order valence-electron chi connectivity index (χ0n) is 32.1. The zero-order chi connectivity index (χ0) is 41.9. The molecule has 0 amide bonds. The van der Waals surface area contributed by atoms with Crippen LogP contribution in [0.15, 0.2) is 187 Å². The first-order valence-corrected chi connectivity index (χ1v) is 18.8. The van der Waals surface area contributed by atoms with Gasteiger partial charge in [0.2, 0.25) is 0 Å². The van der Waals surface area contributed by atoms with Gasteiger partial charge in [-0.15, -0.1) is 0 Å². The van der Waals surface area contributed by atoms with Crippen molar-refractivity contribution in [1.29, 1.82) is 0 Å². The molecule has 6 rings (SSSR count). The predicted molar refractivity (Wildman–Crippen MR) is 219 cm³/mol. The molecule has 12 heteroatoms. The van der Waals surface area contributed by atoms with Crippen LogP contribution in [0.25, 0.3) is 0 Å². The van der Waals surface area contributed by atoms with Crippen LogP contribution in [-0.2, 0) is 35.1 Å². The molecule has 0 N–H and O–H groups in total. The molecule has 4 unspecified atom stereocenters. The number of oxime groups is 1. The number of carbonyl (C=O) groups excluding carboxylic acids is 5. The van der Waals surface area contributed by atoms with E-state index in [1.54, 1.807) is 91.0 Å². The Morgan fingerprint density at radius 3 is 1.20 bits per heavy atom. The van der Waals surface area contributed by atoms with Crippen molar-refractivity contribution < 1.29 is 52.5 Å². The summed E-state index contributed by atoms with van der Waals surface area (Å²) in [6.45, 7) is -0.718. The van der Waals surface area contributed by atoms with Crippen LogP contribution in [-0.4, -0.2) is 67.1 Å². The summed E-state index contributed by atoms with van der Waals surface area (Å²) in [7, 11) is 0. The summed E-state index contributed by atoms with van der Waals surface area (Å²) in [6.07, 6.45) is -6.02. The maximum Gasteiger partial charge on any atom is 0.338 e. The standard InChI is InChI=1S/C48H39NO11/c50-44(35-21-9-2-10-22-35)55-33-41(58-46(52)37-25-13-4-14-26-37)43(60-48(54)39-29-17-6-18-30-39)42(59-47(53)38-27-15-5-16-28-38)40(57-45(51)36-23-11-3-12-24-36)31-49-56-32-34-19-7-1-8-20-34/h1-31,40-43H,32-33H2/b49-31+. The summed E-state index contributed by atoms with van der Waals surface area (Å²) in [5.74, 6) is -4.46. The normalized spacial score (nSPS) is 12.8. The van der Waals surface area contributed by atoms with Gasteiger partial charge < -0.3 is 28.5 Å². The van der Waals surface area contributed by atoms with E-state index in [-0.39, 0.29) is 34.4 Å². The van der Waals surface area contributed by atoms with Crippen molar-refractivity contribution in [1.82, 2.24) is 0 Å². The molecule has 4 atom stereocenters. The van der Waals surface area contributed by atoms with Crippen LogP contribution in [0.5, 0.6) is 0 Å². The summed E-state index contributed by atoms with van der Waals surface area (Å²) in [6, 6.07) is 48.8. The second-order valence-electron chi connectivity index (χ2n) is 13.0. The molecule has 0 aliphatic rings. The fraction of sp³-hybridized carbons (Fsp3) is 0.125. The van der Waals surface area contributed by atoms with Gasteiger partial charge in [0.1, 0.15) is 13.2 Å². The lowest BCUT2D eigenvalue weighted by Crippen LogP contribution is -2.54. The number of hydrogen-bond donors (Lipinski definition) is 0. The topological polar surface area (TPSA) is 153 Å². The van der Waals surface area contributed by atoms with Gasteiger partial charge >= 0.3 is 29.8 Å². The van der Waals surface area contributed by atoms with E-state index in [0.717, 1.165) is 11.8 Å². The van der Waals surface area contributed by atoms with Crippen molar-refractivity contribution >= 4 is 36.1 Å². The molecule has 0 fully saturated rings. The van der Waals surface area contributed by atoms with Gasteiger partial charge in [0.05, 0.1) is 34.0 Å². The van der Waals surface area contributed by atoms with Crippen LogP contribution in [0.1, 0.15) is 57.4 Å². The van der Waals surface area contributed by atoms with E-state index in [4.69, 9.17) is 28.5 Å². The van der Waals surface area contributed by atoms with Gasteiger partial charge in [0, 0.05) is 0 Å². The SMILES string of the molecule is O=C(OCC(OC(=O)c1ccccc1)C(OC(=O)c1ccccc1)C(OC(=O)c1ccccc1)C(/C=N/OCc1ccccc1)OC(=O)c1ccccc1)c1ccccc1. The number of hydrogen-bond acceptors (Lipinski definition) is 12. The van der Waals surface area contributed by atoms with Crippen molar-refractivity contribution in [3.05, 3.63) is 215 Å². The minimum absolute atomic E-state index is 0.00430. The molecule has 0 aliphatic carbocycles. The van der Waals surface area contributed by atoms with Crippen molar-refractivity contribution in [2.24, 2.45) is 5.16 Å². The molecular weight excluding hydrogens is 767 g/mol. The number of rotatable bonds is 18. The highest BCUT2D eigenvalue weighted by atomic mass is 16.6. The van der Waals surface area contributed by atoms with Gasteiger partial charge in [-0.25, -0.2) is 24.0 Å². The van der Waals surface area contributed by atoms with E-state index in [9.17, 15) is 24.0 Å². The van der Waals surface area contributed by atoms with Crippen LogP contribution in [0.4, 0.5) is 0 Å². The van der Waals surface area contributed by atoms with Gasteiger partial charge in [-0.2, -0.15) is 0 Å². The maximum atomic E-state index is 14.0. The molecule has 0 aromatic heterocycles. The fourth-order valence-electron chi connectivity index (χ4n) is 5.74. The highest BCUT2D eigenvalue weighted by Gasteiger charge is 2.45. The van der Waals surface area contributed by atoms with Crippen LogP contribution >= 0.6 is 0 Å². The fourth-order valence-corrected chi connectivity index (χ4v) is 5.74. The Bertz CT molecular complexity index is 2330. The van der Waals surface area contributed by atoms with Crippen LogP contribution in [0.3, 0.4) is 0 Å². The molecule has 12 nitrogen and oxygen atoms in total. The summed E-state index contributed by atoms with van der Waals surface area (Å²) in [4.78, 5) is 74.7. The Hall–Kier alpha value is -7.86. The van der Waals surface area contributed by atoms with Gasteiger partial charge in [-0.1, -0.05) is 126 Å². The molecule has 0 heterocycles. The second kappa shape index (κ2) is 21.6. The first-order chi connectivity index (χ1) is 29.4. The van der Waals surface area contributed by atoms with E-state index >= 15 is 0 Å². The minimum atomic E-state index is -1.85. The maximum absolute atomic E-state index is 14.0. The summed E-state index contributed by atoms with van der Waals surface area (Å²) in [5.41, 5.74) is 1.31. The van der Waals surface area contributed by atoms with Crippen LogP contribution in [0, 0.1) is 0 Å². The number of esters is 5. The highest BCUT2D eigenvalue weighted by Crippen LogP contribution is 2.24. The summed E-state index contributed by atoms with van der Waals surface area (Å²) in [5, 5.41) is 4.09. The molecule has 0 radical (unpaired) electrons. The quantitative estimate of drug-likeness (QED) is 0.0360. The molecule has 60 heavy (non-hydrogen) atoms. The Balaban J connectivity index is 1.47. The molecule has 0 saturated heterocycles. The van der Waals surface area contributed by atoms with E-state index in [1.165, 1.54) is 60.7 Å². The molecule has 0 saturated carbocycles. The third kappa shape index (κ3) is 12.1. The molecule has 0 spiro atoms. The van der Waals surface area contributed by atoms with Crippen molar-refractivity contribution in [2.45, 2.75) is 31.0 Å². The molecule has 302 valence electrons. The third-order valence-electron chi connectivity index (χ3n) is 8.78. The van der Waals surface area contributed by atoms with Crippen molar-refractivity contribution in [3.8, 4) is 0 Å². The average Bonchev–Trinajstić information content (AvgIpc) is 3.31. The van der Waals surface area contributed by atoms with Gasteiger partial charge in [0.15, 0.2) is 24.4 Å². The van der Waals surface area contributed by atoms with Crippen LogP contribution < -0.4 is 0 Å². The van der Waals surface area contributed by atoms with Crippen molar-refractivity contribution in [2.75, 3.05) is 6.61 Å². The highest BCUT2D eigenvalue weighted by molar-refractivity contribution is 5.93. The summed E-state index contributed by atoms with van der Waals surface area (Å²) >= 11 is 0. The van der Waals surface area contributed by atoms with Gasteiger partial charge in [-0.3, -0.25) is 0 Å². The number of benzene rings is 6. The number of nitrogens with zero attached hydrogens (tertiary/aromatic N) is 1. The largest absolute Gasteiger partial charge is 0.458 e. The Morgan fingerprint density at radius 2 is 0.767 bits per heavy atom. The first-order valence-electron chi connectivity index (χ1n) is 18.8. The average molecular weight is 806 g/mol. The van der Waals surface area contributed by atoms with E-state index < -0.39 is 60.9 Å².